The molecular weight excluding hydrogens is 349 g/mol. The van der Waals surface area contributed by atoms with Gasteiger partial charge in [0.25, 0.3) is 5.91 Å². The second-order valence-corrected chi connectivity index (χ2v) is 5.79. The first-order valence-electron chi connectivity index (χ1n) is 8.03. The van der Waals surface area contributed by atoms with Crippen molar-refractivity contribution in [3.8, 4) is 6.07 Å². The molecule has 2 aromatic carbocycles. The summed E-state index contributed by atoms with van der Waals surface area (Å²) >= 11 is 0. The number of benzene rings is 2. The van der Waals surface area contributed by atoms with Gasteiger partial charge in [-0.3, -0.25) is 9.78 Å². The minimum atomic E-state index is -1.08. The molecule has 0 saturated carbocycles. The summed E-state index contributed by atoms with van der Waals surface area (Å²) in [6, 6.07) is 13.8. The third-order valence-electron chi connectivity index (χ3n) is 3.79. The zero-order valence-electron chi connectivity index (χ0n) is 14.3. The number of hydrogen-bond acceptors (Lipinski definition) is 5. The Hall–Kier alpha value is -3.79. The number of amides is 1. The Balaban J connectivity index is 1.69. The smallest absolute Gasteiger partial charge is 0.340 e. The predicted octanol–water partition coefficient (Wildman–Crippen LogP) is 3.43. The lowest BCUT2D eigenvalue weighted by molar-refractivity contribution is -0.123. The Morgan fingerprint density at radius 1 is 1.22 bits per heavy atom. The average Bonchev–Trinajstić information content (AvgIpc) is 2.67. The van der Waals surface area contributed by atoms with Gasteiger partial charge in [-0.15, -0.1) is 0 Å². The number of ether oxygens (including phenoxy) is 1. The predicted molar refractivity (Wildman–Crippen MR) is 96.4 cm³/mol. The van der Waals surface area contributed by atoms with E-state index in [0.29, 0.717) is 22.2 Å². The van der Waals surface area contributed by atoms with Crippen LogP contribution in [0.1, 0.15) is 22.8 Å². The lowest BCUT2D eigenvalue weighted by Crippen LogP contribution is -2.30. The summed E-state index contributed by atoms with van der Waals surface area (Å²) in [5.74, 6) is -1.73. The van der Waals surface area contributed by atoms with Crippen LogP contribution in [-0.2, 0) is 9.53 Å². The molecule has 6 nitrogen and oxygen atoms in total. The first-order valence-corrected chi connectivity index (χ1v) is 8.03. The van der Waals surface area contributed by atoms with Crippen LogP contribution in [0.4, 0.5) is 10.1 Å². The summed E-state index contributed by atoms with van der Waals surface area (Å²) in [6.07, 6.45) is 0.232. The normalized spacial score (nSPS) is 11.4. The van der Waals surface area contributed by atoms with Crippen molar-refractivity contribution in [1.82, 2.24) is 4.98 Å². The van der Waals surface area contributed by atoms with E-state index in [1.165, 1.54) is 43.5 Å². The first-order chi connectivity index (χ1) is 13.0. The number of anilines is 1. The summed E-state index contributed by atoms with van der Waals surface area (Å²) < 4.78 is 18.5. The van der Waals surface area contributed by atoms with Crippen LogP contribution in [-0.4, -0.2) is 23.0 Å². The number of fused-ring (bicyclic) bond motifs is 1. The largest absolute Gasteiger partial charge is 0.449 e. The van der Waals surface area contributed by atoms with Crippen LogP contribution < -0.4 is 5.32 Å². The van der Waals surface area contributed by atoms with E-state index in [9.17, 15) is 14.0 Å². The lowest BCUT2D eigenvalue weighted by atomic mass is 10.1. The number of esters is 1. The monoisotopic (exact) mass is 363 g/mol. The van der Waals surface area contributed by atoms with Crippen LogP contribution in [0, 0.1) is 17.1 Å². The van der Waals surface area contributed by atoms with Crippen molar-refractivity contribution in [2.75, 3.05) is 5.32 Å². The third kappa shape index (κ3) is 4.25. The molecule has 0 aliphatic carbocycles. The van der Waals surface area contributed by atoms with Gasteiger partial charge in [0.1, 0.15) is 5.82 Å². The number of hydrogen-bond donors (Lipinski definition) is 1. The minimum Gasteiger partial charge on any atom is -0.449 e. The SMILES string of the molecule is CC(OC(=O)c1cnc2ccc(F)cc2c1)C(=O)Nc1cccc(C#N)c1. The Morgan fingerprint density at radius 3 is 2.81 bits per heavy atom. The van der Waals surface area contributed by atoms with Gasteiger partial charge in [0.15, 0.2) is 6.10 Å². The molecule has 0 aliphatic heterocycles. The molecule has 1 heterocycles. The molecule has 1 amide bonds. The zero-order chi connectivity index (χ0) is 19.4. The molecule has 1 unspecified atom stereocenters. The van der Waals surface area contributed by atoms with Crippen LogP contribution >= 0.6 is 0 Å². The Morgan fingerprint density at radius 2 is 2.04 bits per heavy atom. The molecular formula is C20H14FN3O3. The summed E-state index contributed by atoms with van der Waals surface area (Å²) in [6.45, 7) is 1.43. The molecule has 0 spiro atoms. The molecule has 3 rings (SSSR count). The van der Waals surface area contributed by atoms with E-state index in [4.69, 9.17) is 10.00 Å². The quantitative estimate of drug-likeness (QED) is 0.717. The van der Waals surface area contributed by atoms with Gasteiger partial charge < -0.3 is 10.1 Å². The molecule has 0 aliphatic rings. The molecule has 27 heavy (non-hydrogen) atoms. The van der Waals surface area contributed by atoms with Gasteiger partial charge in [-0.05, 0) is 49.4 Å². The topological polar surface area (TPSA) is 92.1 Å². The summed E-state index contributed by atoms with van der Waals surface area (Å²) in [5.41, 5.74) is 1.46. The molecule has 0 bridgehead atoms. The minimum absolute atomic E-state index is 0.110. The van der Waals surface area contributed by atoms with Crippen molar-refractivity contribution in [3.05, 3.63) is 71.7 Å². The number of rotatable bonds is 4. The maximum Gasteiger partial charge on any atom is 0.340 e. The maximum atomic E-state index is 13.3. The average molecular weight is 363 g/mol. The number of nitrogens with zero attached hydrogens (tertiary/aromatic N) is 2. The molecule has 134 valence electrons. The second kappa shape index (κ2) is 7.62. The van der Waals surface area contributed by atoms with E-state index in [1.807, 2.05) is 6.07 Å². The fraction of sp³-hybridized carbons (Fsp3) is 0.100. The van der Waals surface area contributed by atoms with Crippen LogP contribution in [0.25, 0.3) is 10.9 Å². The highest BCUT2D eigenvalue weighted by Gasteiger charge is 2.19. The molecule has 1 N–H and O–H groups in total. The fourth-order valence-corrected chi connectivity index (χ4v) is 2.41. The van der Waals surface area contributed by atoms with Gasteiger partial charge in [0.05, 0.1) is 22.7 Å². The number of nitriles is 1. The van der Waals surface area contributed by atoms with E-state index in [1.54, 1.807) is 18.2 Å². The van der Waals surface area contributed by atoms with Gasteiger partial charge in [-0.25, -0.2) is 9.18 Å². The number of nitrogens with one attached hydrogen (secondary N) is 1. The van der Waals surface area contributed by atoms with E-state index in [0.717, 1.165) is 0 Å². The Kier molecular flexibility index (Phi) is 5.08. The van der Waals surface area contributed by atoms with Gasteiger partial charge >= 0.3 is 5.97 Å². The molecule has 7 heteroatoms. The van der Waals surface area contributed by atoms with Crippen molar-refractivity contribution < 1.29 is 18.7 Å². The number of pyridine rings is 1. The summed E-state index contributed by atoms with van der Waals surface area (Å²) in [7, 11) is 0. The number of carbonyl (C=O) groups is 2. The molecule has 0 radical (unpaired) electrons. The Labute approximate surface area is 154 Å². The van der Waals surface area contributed by atoms with Crippen molar-refractivity contribution >= 4 is 28.5 Å². The fourth-order valence-electron chi connectivity index (χ4n) is 2.41. The van der Waals surface area contributed by atoms with Crippen molar-refractivity contribution in [1.29, 1.82) is 5.26 Å². The van der Waals surface area contributed by atoms with E-state index < -0.39 is 23.8 Å². The zero-order valence-corrected chi connectivity index (χ0v) is 14.3. The number of aromatic nitrogens is 1. The highest BCUT2D eigenvalue weighted by Crippen LogP contribution is 2.16. The van der Waals surface area contributed by atoms with Gasteiger partial charge in [-0.1, -0.05) is 6.07 Å². The van der Waals surface area contributed by atoms with Gasteiger partial charge in [0.2, 0.25) is 0 Å². The second-order valence-electron chi connectivity index (χ2n) is 5.79. The first kappa shape index (κ1) is 18.0. The molecule has 0 fully saturated rings. The van der Waals surface area contributed by atoms with E-state index in [-0.39, 0.29) is 5.56 Å². The lowest BCUT2D eigenvalue weighted by Gasteiger charge is -2.13. The highest BCUT2D eigenvalue weighted by molar-refractivity contribution is 5.98. The van der Waals surface area contributed by atoms with E-state index >= 15 is 0 Å². The van der Waals surface area contributed by atoms with Crippen molar-refractivity contribution in [2.45, 2.75) is 13.0 Å². The van der Waals surface area contributed by atoms with Crippen LogP contribution in [0.3, 0.4) is 0 Å². The van der Waals surface area contributed by atoms with Gasteiger partial charge in [-0.2, -0.15) is 5.26 Å². The molecule has 1 aromatic heterocycles. The van der Waals surface area contributed by atoms with Gasteiger partial charge in [0, 0.05) is 17.3 Å². The van der Waals surface area contributed by atoms with Crippen LogP contribution in [0.2, 0.25) is 0 Å². The van der Waals surface area contributed by atoms with Crippen LogP contribution in [0.5, 0.6) is 0 Å². The summed E-state index contributed by atoms with van der Waals surface area (Å²) in [4.78, 5) is 28.5. The maximum absolute atomic E-state index is 13.3. The highest BCUT2D eigenvalue weighted by atomic mass is 19.1. The van der Waals surface area contributed by atoms with Crippen molar-refractivity contribution in [2.24, 2.45) is 0 Å². The van der Waals surface area contributed by atoms with E-state index in [2.05, 4.69) is 10.3 Å². The number of halogens is 1. The standard InChI is InChI=1S/C20H14FN3O3/c1-12(19(25)24-17-4-2-3-13(7-17)10-22)27-20(26)15-8-14-9-16(21)5-6-18(14)23-11-15/h2-9,11-12H,1H3,(H,24,25). The molecule has 0 saturated heterocycles. The summed E-state index contributed by atoms with van der Waals surface area (Å²) in [5, 5.41) is 11.9. The number of carbonyl (C=O) groups excluding carboxylic acids is 2. The van der Waals surface area contributed by atoms with Crippen molar-refractivity contribution in [3.63, 3.8) is 0 Å². The molecule has 1 atom stereocenters. The molecule has 3 aromatic rings. The van der Waals surface area contributed by atoms with Crippen LogP contribution in [0.15, 0.2) is 54.7 Å². The third-order valence-corrected chi connectivity index (χ3v) is 3.79. The Bertz CT molecular complexity index is 1080.